The molecule has 0 aliphatic carbocycles. The van der Waals surface area contributed by atoms with Crippen molar-refractivity contribution in [3.8, 4) is 0 Å². The number of aryl methyl sites for hydroxylation is 1. The molecule has 0 unspecified atom stereocenters. The highest BCUT2D eigenvalue weighted by Crippen LogP contribution is 2.12. The van der Waals surface area contributed by atoms with Crippen LogP contribution < -0.4 is 5.32 Å². The summed E-state index contributed by atoms with van der Waals surface area (Å²) in [6, 6.07) is 8.05. The lowest BCUT2D eigenvalue weighted by Crippen LogP contribution is -2.12. The molecule has 18 heavy (non-hydrogen) atoms. The number of para-hydroxylation sites is 1. The summed E-state index contributed by atoms with van der Waals surface area (Å²) in [5.41, 5.74) is 2.27. The zero-order chi connectivity index (χ0) is 13.2. The van der Waals surface area contributed by atoms with Gasteiger partial charge in [-0.2, -0.15) is 0 Å². The largest absolute Gasteiger partial charge is 0.466 e. The molecule has 0 saturated heterocycles. The smallest absolute Gasteiger partial charge is 0.307 e. The Hall–Kier alpha value is -1.51. The molecular formula is C15H23NO2. The lowest BCUT2D eigenvalue weighted by Gasteiger charge is -2.09. The molecule has 0 spiro atoms. The van der Waals surface area contributed by atoms with Crippen LogP contribution in [0.5, 0.6) is 0 Å². The molecule has 0 radical (unpaired) electrons. The van der Waals surface area contributed by atoms with Gasteiger partial charge in [-0.15, -0.1) is 0 Å². The van der Waals surface area contributed by atoms with E-state index in [0.717, 1.165) is 24.9 Å². The molecule has 1 N–H and O–H groups in total. The summed E-state index contributed by atoms with van der Waals surface area (Å²) in [5, 5.41) is 3.24. The Morgan fingerprint density at radius 1 is 1.28 bits per heavy atom. The fourth-order valence-corrected chi connectivity index (χ4v) is 1.68. The molecule has 0 saturated carbocycles. The monoisotopic (exact) mass is 249 g/mol. The number of hydrogen-bond donors (Lipinski definition) is 1. The first-order valence-corrected chi connectivity index (χ1v) is 6.69. The number of esters is 1. The number of anilines is 1. The zero-order valence-corrected chi connectivity index (χ0v) is 11.4. The van der Waals surface area contributed by atoms with Crippen molar-refractivity contribution in [2.45, 2.75) is 39.5 Å². The summed E-state index contributed by atoms with van der Waals surface area (Å²) < 4.78 is 5.13. The van der Waals surface area contributed by atoms with Crippen molar-refractivity contribution >= 4 is 11.7 Å². The maximum absolute atomic E-state index is 11.4. The second-order valence-corrected chi connectivity index (χ2v) is 4.42. The molecule has 3 heteroatoms. The molecule has 1 aromatic carbocycles. The maximum atomic E-state index is 11.4. The summed E-state index contributed by atoms with van der Waals surface area (Å²) in [6.07, 6.45) is 3.65. The average molecular weight is 249 g/mol. The van der Waals surface area contributed by atoms with Gasteiger partial charge >= 0.3 is 5.97 Å². The Balaban J connectivity index is 2.14. The standard InChI is InChI=1S/C15H23NO2/c1-3-4-7-12-18-15(17)10-11-16-14-9-6-5-8-13(14)2/h5-6,8-9,16H,3-4,7,10-12H2,1-2H3. The topological polar surface area (TPSA) is 38.3 Å². The van der Waals surface area contributed by atoms with Gasteiger partial charge in [-0.1, -0.05) is 38.0 Å². The third kappa shape index (κ3) is 5.71. The Kier molecular flexibility index (Phi) is 6.92. The van der Waals surface area contributed by atoms with E-state index in [1.54, 1.807) is 0 Å². The summed E-state index contributed by atoms with van der Waals surface area (Å²) in [5.74, 6) is -0.118. The molecule has 0 fully saturated rings. The minimum atomic E-state index is -0.118. The Labute approximate surface area is 110 Å². The Morgan fingerprint density at radius 2 is 2.06 bits per heavy atom. The van der Waals surface area contributed by atoms with E-state index >= 15 is 0 Å². The normalized spacial score (nSPS) is 10.1. The van der Waals surface area contributed by atoms with Crippen LogP contribution in [0.2, 0.25) is 0 Å². The minimum absolute atomic E-state index is 0.118. The lowest BCUT2D eigenvalue weighted by atomic mass is 10.2. The molecule has 0 aromatic heterocycles. The van der Waals surface area contributed by atoms with Gasteiger partial charge in [0.25, 0.3) is 0 Å². The SMILES string of the molecule is CCCCCOC(=O)CCNc1ccccc1C. The van der Waals surface area contributed by atoms with E-state index in [1.807, 2.05) is 31.2 Å². The van der Waals surface area contributed by atoms with E-state index in [-0.39, 0.29) is 5.97 Å². The predicted octanol–water partition coefficient (Wildman–Crippen LogP) is 3.53. The van der Waals surface area contributed by atoms with Gasteiger partial charge in [-0.05, 0) is 25.0 Å². The van der Waals surface area contributed by atoms with Gasteiger partial charge < -0.3 is 10.1 Å². The van der Waals surface area contributed by atoms with Crippen LogP contribution >= 0.6 is 0 Å². The van der Waals surface area contributed by atoms with E-state index in [9.17, 15) is 4.79 Å². The summed E-state index contributed by atoms with van der Waals surface area (Å²) in [6.45, 7) is 5.36. The van der Waals surface area contributed by atoms with Crippen LogP contribution in [0.1, 0.15) is 38.2 Å². The quantitative estimate of drug-likeness (QED) is 0.566. The van der Waals surface area contributed by atoms with Crippen LogP contribution in [0, 0.1) is 6.92 Å². The van der Waals surface area contributed by atoms with Crippen LogP contribution in [0.3, 0.4) is 0 Å². The summed E-state index contributed by atoms with van der Waals surface area (Å²) in [7, 11) is 0. The lowest BCUT2D eigenvalue weighted by molar-refractivity contribution is -0.143. The molecule has 0 amide bonds. The summed E-state index contributed by atoms with van der Waals surface area (Å²) in [4.78, 5) is 11.4. The van der Waals surface area contributed by atoms with Crippen LogP contribution in [0.25, 0.3) is 0 Å². The first-order chi connectivity index (χ1) is 8.74. The van der Waals surface area contributed by atoms with Gasteiger partial charge in [0.15, 0.2) is 0 Å². The molecule has 0 aliphatic heterocycles. The zero-order valence-electron chi connectivity index (χ0n) is 11.4. The highest BCUT2D eigenvalue weighted by molar-refractivity contribution is 5.70. The number of nitrogens with one attached hydrogen (secondary N) is 1. The van der Waals surface area contributed by atoms with Gasteiger partial charge in [-0.25, -0.2) is 0 Å². The van der Waals surface area contributed by atoms with Crippen molar-refractivity contribution in [3.63, 3.8) is 0 Å². The van der Waals surface area contributed by atoms with Crippen molar-refractivity contribution in [1.82, 2.24) is 0 Å². The number of carbonyl (C=O) groups is 1. The van der Waals surface area contributed by atoms with Gasteiger partial charge in [0, 0.05) is 12.2 Å². The highest BCUT2D eigenvalue weighted by atomic mass is 16.5. The van der Waals surface area contributed by atoms with Gasteiger partial charge in [0.2, 0.25) is 0 Å². The van der Waals surface area contributed by atoms with Crippen LogP contribution in [0.4, 0.5) is 5.69 Å². The van der Waals surface area contributed by atoms with Crippen molar-refractivity contribution in [2.24, 2.45) is 0 Å². The van der Waals surface area contributed by atoms with Crippen molar-refractivity contribution < 1.29 is 9.53 Å². The Morgan fingerprint density at radius 3 is 2.78 bits per heavy atom. The first kappa shape index (κ1) is 14.6. The number of ether oxygens (including phenoxy) is 1. The van der Waals surface area contributed by atoms with Crippen molar-refractivity contribution in [1.29, 1.82) is 0 Å². The molecule has 100 valence electrons. The van der Waals surface area contributed by atoms with E-state index in [0.29, 0.717) is 19.6 Å². The van der Waals surface area contributed by atoms with Crippen molar-refractivity contribution in [2.75, 3.05) is 18.5 Å². The first-order valence-electron chi connectivity index (χ1n) is 6.69. The molecule has 0 atom stereocenters. The van der Waals surface area contributed by atoms with Gasteiger partial charge in [0.1, 0.15) is 0 Å². The molecule has 3 nitrogen and oxygen atoms in total. The maximum Gasteiger partial charge on any atom is 0.307 e. The average Bonchev–Trinajstić information content (AvgIpc) is 2.37. The molecule has 0 aliphatic rings. The number of carbonyl (C=O) groups excluding carboxylic acids is 1. The molecule has 1 aromatic rings. The molecule has 0 bridgehead atoms. The highest BCUT2D eigenvalue weighted by Gasteiger charge is 2.02. The minimum Gasteiger partial charge on any atom is -0.466 e. The van der Waals surface area contributed by atoms with E-state index in [1.165, 1.54) is 5.56 Å². The predicted molar refractivity (Wildman–Crippen MR) is 74.8 cm³/mol. The Bertz CT molecular complexity index is 363. The number of rotatable bonds is 8. The fraction of sp³-hybridized carbons (Fsp3) is 0.533. The van der Waals surface area contributed by atoms with E-state index in [4.69, 9.17) is 4.74 Å². The van der Waals surface area contributed by atoms with Gasteiger partial charge in [-0.3, -0.25) is 4.79 Å². The summed E-state index contributed by atoms with van der Waals surface area (Å²) >= 11 is 0. The third-order valence-corrected chi connectivity index (χ3v) is 2.80. The van der Waals surface area contributed by atoms with E-state index < -0.39 is 0 Å². The van der Waals surface area contributed by atoms with E-state index in [2.05, 4.69) is 12.2 Å². The fourth-order valence-electron chi connectivity index (χ4n) is 1.68. The van der Waals surface area contributed by atoms with Gasteiger partial charge in [0.05, 0.1) is 13.0 Å². The molecule has 0 heterocycles. The number of unbranched alkanes of at least 4 members (excludes halogenated alkanes) is 2. The third-order valence-electron chi connectivity index (χ3n) is 2.80. The number of hydrogen-bond acceptors (Lipinski definition) is 3. The number of benzene rings is 1. The molecular weight excluding hydrogens is 226 g/mol. The van der Waals surface area contributed by atoms with Crippen LogP contribution in [-0.4, -0.2) is 19.1 Å². The van der Waals surface area contributed by atoms with Crippen LogP contribution in [-0.2, 0) is 9.53 Å². The molecule has 1 rings (SSSR count). The second-order valence-electron chi connectivity index (χ2n) is 4.42. The van der Waals surface area contributed by atoms with Crippen LogP contribution in [0.15, 0.2) is 24.3 Å². The van der Waals surface area contributed by atoms with Crippen molar-refractivity contribution in [3.05, 3.63) is 29.8 Å². The second kappa shape index (κ2) is 8.56.